The van der Waals surface area contributed by atoms with E-state index in [1.807, 2.05) is 12.1 Å². The fourth-order valence-electron chi connectivity index (χ4n) is 1.91. The summed E-state index contributed by atoms with van der Waals surface area (Å²) in [6.07, 6.45) is 0. The molecule has 19 heavy (non-hydrogen) atoms. The van der Waals surface area contributed by atoms with Gasteiger partial charge in [-0.1, -0.05) is 57.4 Å². The number of hydrogen-bond acceptors (Lipinski definition) is 1. The molecule has 1 atom stereocenters. The van der Waals surface area contributed by atoms with Gasteiger partial charge in [0.2, 0.25) is 0 Å². The van der Waals surface area contributed by atoms with E-state index in [0.29, 0.717) is 6.04 Å². The van der Waals surface area contributed by atoms with Gasteiger partial charge >= 0.3 is 0 Å². The van der Waals surface area contributed by atoms with Crippen LogP contribution < -0.4 is 5.32 Å². The fraction of sp³-hybridized carbons (Fsp3) is 0.250. The molecule has 0 aliphatic rings. The summed E-state index contributed by atoms with van der Waals surface area (Å²) in [7, 11) is 0. The molecule has 100 valence electrons. The first-order chi connectivity index (χ1) is 9.06. The van der Waals surface area contributed by atoms with Gasteiger partial charge in [-0.2, -0.15) is 0 Å². The molecule has 1 nitrogen and oxygen atoms in total. The van der Waals surface area contributed by atoms with Crippen LogP contribution in [0.5, 0.6) is 0 Å². The first-order valence-electron chi connectivity index (χ1n) is 6.30. The van der Waals surface area contributed by atoms with Crippen molar-refractivity contribution in [1.82, 2.24) is 5.32 Å². The number of rotatable bonds is 4. The molecule has 0 amide bonds. The van der Waals surface area contributed by atoms with Crippen molar-refractivity contribution in [2.75, 3.05) is 0 Å². The van der Waals surface area contributed by atoms with Crippen molar-refractivity contribution in [2.45, 2.75) is 26.4 Å². The first-order valence-corrected chi connectivity index (χ1v) is 7.47. The average molecular weight is 339 g/mol. The van der Waals surface area contributed by atoms with E-state index in [1.165, 1.54) is 11.1 Å². The molecule has 0 spiro atoms. The Bertz CT molecular complexity index is 551. The van der Waals surface area contributed by atoms with Crippen LogP contribution in [0.1, 0.15) is 29.7 Å². The van der Waals surface area contributed by atoms with Crippen molar-refractivity contribution in [3.63, 3.8) is 0 Å². The Balaban J connectivity index is 2.02. The third kappa shape index (κ3) is 4.07. The summed E-state index contributed by atoms with van der Waals surface area (Å²) >= 11 is 9.66. The molecule has 0 radical (unpaired) electrons. The molecule has 2 rings (SSSR count). The Kier molecular flexibility index (Phi) is 5.03. The van der Waals surface area contributed by atoms with Crippen LogP contribution in [0.25, 0.3) is 0 Å². The third-order valence-electron chi connectivity index (χ3n) is 3.18. The minimum Gasteiger partial charge on any atom is -0.306 e. The van der Waals surface area contributed by atoms with E-state index in [0.717, 1.165) is 21.6 Å². The first kappa shape index (κ1) is 14.6. The number of halogens is 2. The van der Waals surface area contributed by atoms with E-state index >= 15 is 0 Å². The highest BCUT2D eigenvalue weighted by Gasteiger charge is 2.06. The monoisotopic (exact) mass is 337 g/mol. The van der Waals surface area contributed by atoms with Crippen LogP contribution in [0.2, 0.25) is 5.02 Å². The van der Waals surface area contributed by atoms with Crippen molar-refractivity contribution >= 4 is 27.5 Å². The van der Waals surface area contributed by atoms with E-state index < -0.39 is 0 Å². The van der Waals surface area contributed by atoms with E-state index in [4.69, 9.17) is 11.6 Å². The topological polar surface area (TPSA) is 12.0 Å². The van der Waals surface area contributed by atoms with Gasteiger partial charge in [0.05, 0.1) is 0 Å². The molecule has 2 aromatic carbocycles. The highest BCUT2D eigenvalue weighted by atomic mass is 79.9. The number of benzene rings is 2. The molecule has 0 bridgehead atoms. The molecular formula is C16H17BrClN. The van der Waals surface area contributed by atoms with Crippen LogP contribution in [-0.2, 0) is 6.54 Å². The van der Waals surface area contributed by atoms with Gasteiger partial charge in [0.15, 0.2) is 0 Å². The number of nitrogens with one attached hydrogen (secondary N) is 1. The second-order valence-electron chi connectivity index (χ2n) is 4.75. The number of hydrogen-bond donors (Lipinski definition) is 1. The predicted molar refractivity (Wildman–Crippen MR) is 85.6 cm³/mol. The minimum atomic E-state index is 0.302. The second kappa shape index (κ2) is 6.56. The van der Waals surface area contributed by atoms with Gasteiger partial charge in [-0.15, -0.1) is 0 Å². The van der Waals surface area contributed by atoms with Gasteiger partial charge in [-0.05, 0) is 43.2 Å². The molecule has 1 unspecified atom stereocenters. The van der Waals surface area contributed by atoms with E-state index in [2.05, 4.69) is 65.4 Å². The maximum absolute atomic E-state index is 6.19. The zero-order chi connectivity index (χ0) is 13.8. The van der Waals surface area contributed by atoms with Gasteiger partial charge < -0.3 is 5.32 Å². The maximum Gasteiger partial charge on any atom is 0.0451 e. The van der Waals surface area contributed by atoms with E-state index in [9.17, 15) is 0 Å². The lowest BCUT2D eigenvalue weighted by molar-refractivity contribution is 0.574. The Hall–Kier alpha value is -0.830. The molecule has 0 aliphatic heterocycles. The smallest absolute Gasteiger partial charge is 0.0451 e. The summed E-state index contributed by atoms with van der Waals surface area (Å²) in [6, 6.07) is 14.8. The molecule has 0 saturated carbocycles. The van der Waals surface area contributed by atoms with E-state index in [1.54, 1.807) is 0 Å². The van der Waals surface area contributed by atoms with Crippen LogP contribution >= 0.6 is 27.5 Å². The quantitative estimate of drug-likeness (QED) is 0.801. The second-order valence-corrected chi connectivity index (χ2v) is 6.07. The summed E-state index contributed by atoms with van der Waals surface area (Å²) in [4.78, 5) is 0. The van der Waals surface area contributed by atoms with Crippen molar-refractivity contribution in [2.24, 2.45) is 0 Å². The molecule has 3 heteroatoms. The van der Waals surface area contributed by atoms with Crippen molar-refractivity contribution in [1.29, 1.82) is 0 Å². The molecule has 2 aromatic rings. The van der Waals surface area contributed by atoms with Crippen molar-refractivity contribution in [3.05, 3.63) is 68.7 Å². The molecule has 0 aliphatic carbocycles. The van der Waals surface area contributed by atoms with Gasteiger partial charge in [0, 0.05) is 22.1 Å². The Morgan fingerprint density at radius 2 is 1.84 bits per heavy atom. The van der Waals surface area contributed by atoms with Crippen LogP contribution in [0.15, 0.2) is 46.9 Å². The van der Waals surface area contributed by atoms with Gasteiger partial charge in [0.25, 0.3) is 0 Å². The van der Waals surface area contributed by atoms with Crippen LogP contribution in [-0.4, -0.2) is 0 Å². The standard InChI is InChI=1S/C16H17BrClN/c1-11-3-5-13(6-4-11)12(2)19-10-14-9-15(17)7-8-16(14)18/h3-9,12,19H,10H2,1-2H3. The summed E-state index contributed by atoms with van der Waals surface area (Å²) in [5.74, 6) is 0. The van der Waals surface area contributed by atoms with Gasteiger partial charge in [-0.3, -0.25) is 0 Å². The molecule has 0 heterocycles. The molecule has 0 saturated heterocycles. The lowest BCUT2D eigenvalue weighted by Crippen LogP contribution is -2.18. The summed E-state index contributed by atoms with van der Waals surface area (Å²) < 4.78 is 1.05. The summed E-state index contributed by atoms with van der Waals surface area (Å²) in [6.45, 7) is 5.02. The zero-order valence-electron chi connectivity index (χ0n) is 11.1. The summed E-state index contributed by atoms with van der Waals surface area (Å²) in [5.41, 5.74) is 3.68. The third-order valence-corrected chi connectivity index (χ3v) is 4.05. The highest BCUT2D eigenvalue weighted by Crippen LogP contribution is 2.22. The highest BCUT2D eigenvalue weighted by molar-refractivity contribution is 9.10. The Morgan fingerprint density at radius 1 is 1.16 bits per heavy atom. The molecular weight excluding hydrogens is 322 g/mol. The van der Waals surface area contributed by atoms with Gasteiger partial charge in [0.1, 0.15) is 0 Å². The summed E-state index contributed by atoms with van der Waals surface area (Å²) in [5, 5.41) is 4.30. The Labute approximate surface area is 128 Å². The predicted octanol–water partition coefficient (Wildman–Crippen LogP) is 5.26. The van der Waals surface area contributed by atoms with Gasteiger partial charge in [-0.25, -0.2) is 0 Å². The lowest BCUT2D eigenvalue weighted by atomic mass is 10.1. The SMILES string of the molecule is Cc1ccc(C(C)NCc2cc(Br)ccc2Cl)cc1. The molecule has 0 aromatic heterocycles. The zero-order valence-corrected chi connectivity index (χ0v) is 13.4. The molecule has 0 fully saturated rings. The average Bonchev–Trinajstić information content (AvgIpc) is 2.40. The molecule has 1 N–H and O–H groups in total. The van der Waals surface area contributed by atoms with Crippen molar-refractivity contribution < 1.29 is 0 Å². The Morgan fingerprint density at radius 3 is 2.53 bits per heavy atom. The number of aryl methyl sites for hydroxylation is 1. The lowest BCUT2D eigenvalue weighted by Gasteiger charge is -2.15. The minimum absolute atomic E-state index is 0.302. The van der Waals surface area contributed by atoms with Crippen LogP contribution in [0.4, 0.5) is 0 Å². The normalized spacial score (nSPS) is 12.4. The van der Waals surface area contributed by atoms with E-state index in [-0.39, 0.29) is 0 Å². The van der Waals surface area contributed by atoms with Crippen molar-refractivity contribution in [3.8, 4) is 0 Å². The largest absolute Gasteiger partial charge is 0.306 e. The van der Waals surface area contributed by atoms with Crippen LogP contribution in [0.3, 0.4) is 0 Å². The fourth-order valence-corrected chi connectivity index (χ4v) is 2.51. The van der Waals surface area contributed by atoms with Crippen LogP contribution in [0, 0.1) is 6.92 Å². The maximum atomic E-state index is 6.19.